The summed E-state index contributed by atoms with van der Waals surface area (Å²) < 4.78 is 66.7. The average molecular weight is 490 g/mol. The number of ether oxygens (including phenoxy) is 2. The van der Waals surface area contributed by atoms with Crippen LogP contribution < -0.4 is 9.47 Å². The van der Waals surface area contributed by atoms with Crippen molar-refractivity contribution in [2.45, 2.75) is 16.7 Å². The predicted molar refractivity (Wildman–Crippen MR) is 121 cm³/mol. The number of hydrogen-bond acceptors (Lipinski definition) is 7. The molecule has 5 rings (SSSR count). The van der Waals surface area contributed by atoms with Crippen molar-refractivity contribution in [1.82, 2.24) is 13.6 Å². The molecule has 2 aliphatic rings. The van der Waals surface area contributed by atoms with Crippen LogP contribution in [0.1, 0.15) is 5.56 Å². The topological polar surface area (TPSA) is 106 Å². The predicted octanol–water partition coefficient (Wildman–Crippen LogP) is 2.01. The normalized spacial score (nSPS) is 17.8. The maximum atomic E-state index is 13.4. The lowest BCUT2D eigenvalue weighted by atomic mass is 10.1. The highest BCUT2D eigenvalue weighted by Crippen LogP contribution is 2.34. The lowest BCUT2D eigenvalue weighted by Crippen LogP contribution is -2.50. The second-order valence-electron chi connectivity index (χ2n) is 7.89. The van der Waals surface area contributed by atoms with Gasteiger partial charge in [0.2, 0.25) is 20.0 Å². The number of rotatable bonds is 4. The summed E-state index contributed by atoms with van der Waals surface area (Å²) in [6.45, 7) is 2.88. The molecule has 1 fully saturated rings. The molecule has 0 amide bonds. The Hall–Kier alpha value is -2.73. The molecule has 9 nitrogen and oxygen atoms in total. The summed E-state index contributed by atoms with van der Waals surface area (Å²) in [5.41, 5.74) is 1.53. The van der Waals surface area contributed by atoms with Crippen LogP contribution >= 0.6 is 0 Å². The molecule has 0 radical (unpaired) electrons. The average Bonchev–Trinajstić information content (AvgIpc) is 2.84. The van der Waals surface area contributed by atoms with E-state index in [1.54, 1.807) is 36.5 Å². The molecule has 0 atom stereocenters. The Balaban J connectivity index is 1.37. The van der Waals surface area contributed by atoms with Gasteiger partial charge in [-0.15, -0.1) is 0 Å². The number of pyridine rings is 1. The van der Waals surface area contributed by atoms with Crippen molar-refractivity contribution in [2.75, 3.05) is 39.4 Å². The highest BCUT2D eigenvalue weighted by Gasteiger charge is 2.35. The van der Waals surface area contributed by atoms with Crippen molar-refractivity contribution >= 4 is 30.9 Å². The summed E-state index contributed by atoms with van der Waals surface area (Å²) in [6.07, 6.45) is 1.63. The minimum Gasteiger partial charge on any atom is -0.486 e. The van der Waals surface area contributed by atoms with Crippen molar-refractivity contribution in [3.05, 3.63) is 54.2 Å². The van der Waals surface area contributed by atoms with E-state index in [4.69, 9.17) is 9.47 Å². The molecule has 2 aliphatic heterocycles. The van der Waals surface area contributed by atoms with Gasteiger partial charge in [-0.3, -0.25) is 4.98 Å². The number of benzene rings is 2. The first kappa shape index (κ1) is 22.1. The quantitative estimate of drug-likeness (QED) is 0.552. The second kappa shape index (κ2) is 8.24. The zero-order valence-electron chi connectivity index (χ0n) is 18.0. The molecule has 11 heteroatoms. The smallest absolute Gasteiger partial charge is 0.243 e. The number of sulfonamides is 2. The fraction of sp³-hybridized carbons (Fsp3) is 0.318. The van der Waals surface area contributed by atoms with E-state index in [1.165, 1.54) is 20.7 Å². The first-order valence-electron chi connectivity index (χ1n) is 10.5. The first-order valence-corrected chi connectivity index (χ1v) is 13.4. The lowest BCUT2D eigenvalue weighted by Gasteiger charge is -2.33. The number of aryl methyl sites for hydroxylation is 1. The van der Waals surface area contributed by atoms with E-state index in [-0.39, 0.29) is 36.0 Å². The van der Waals surface area contributed by atoms with Crippen LogP contribution in [-0.2, 0) is 20.0 Å². The van der Waals surface area contributed by atoms with Crippen molar-refractivity contribution in [2.24, 2.45) is 0 Å². The van der Waals surface area contributed by atoms with Crippen LogP contribution in [0.15, 0.2) is 58.5 Å². The Kier molecular flexibility index (Phi) is 5.52. The molecule has 2 aromatic carbocycles. The molecule has 1 aromatic heterocycles. The SMILES string of the molecule is Cc1ccc(S(=O)(=O)N2CCN(S(=O)(=O)c3ccc4c(c3)OCCO4)CC2)c2cccnc12. The van der Waals surface area contributed by atoms with Crippen LogP contribution in [0, 0.1) is 6.92 Å². The molecule has 0 aliphatic carbocycles. The molecule has 0 spiro atoms. The minimum absolute atomic E-state index is 0.0536. The molecule has 174 valence electrons. The molecule has 1 saturated heterocycles. The molecule has 0 unspecified atom stereocenters. The number of fused-ring (bicyclic) bond motifs is 2. The van der Waals surface area contributed by atoms with Gasteiger partial charge in [0, 0.05) is 43.8 Å². The van der Waals surface area contributed by atoms with Gasteiger partial charge < -0.3 is 9.47 Å². The third-order valence-electron chi connectivity index (χ3n) is 5.90. The Morgan fingerprint density at radius 2 is 1.48 bits per heavy atom. The standard InChI is InChI=1S/C22H23N3O6S2/c1-16-4-7-21(18-3-2-8-23-22(16)18)33(28,29)25-11-9-24(10-12-25)32(26,27)17-5-6-19-20(15-17)31-14-13-30-19/h2-8,15H,9-14H2,1H3. The van der Waals surface area contributed by atoms with Gasteiger partial charge in [-0.1, -0.05) is 6.07 Å². The monoisotopic (exact) mass is 489 g/mol. The Labute approximate surface area is 192 Å². The molecule has 0 bridgehead atoms. The number of aromatic nitrogens is 1. The number of nitrogens with zero attached hydrogens (tertiary/aromatic N) is 3. The summed E-state index contributed by atoms with van der Waals surface area (Å²) in [7, 11) is -7.62. The fourth-order valence-electron chi connectivity index (χ4n) is 4.14. The molecule has 0 N–H and O–H groups in total. The van der Waals surface area contributed by atoms with Gasteiger partial charge in [-0.25, -0.2) is 16.8 Å². The van der Waals surface area contributed by atoms with Gasteiger partial charge >= 0.3 is 0 Å². The van der Waals surface area contributed by atoms with Crippen LogP contribution in [-0.4, -0.2) is 69.8 Å². The molecular formula is C22H23N3O6S2. The van der Waals surface area contributed by atoms with E-state index in [0.717, 1.165) is 5.56 Å². The van der Waals surface area contributed by atoms with Crippen molar-refractivity contribution < 1.29 is 26.3 Å². The molecule has 0 saturated carbocycles. The summed E-state index contributed by atoms with van der Waals surface area (Å²) >= 11 is 0. The Morgan fingerprint density at radius 3 is 2.21 bits per heavy atom. The van der Waals surface area contributed by atoms with Gasteiger partial charge in [0.1, 0.15) is 13.2 Å². The molecular weight excluding hydrogens is 466 g/mol. The molecule has 33 heavy (non-hydrogen) atoms. The number of piperazine rings is 1. The van der Waals surface area contributed by atoms with Crippen LogP contribution in [0.3, 0.4) is 0 Å². The van der Waals surface area contributed by atoms with Crippen molar-refractivity contribution in [3.63, 3.8) is 0 Å². The first-order chi connectivity index (χ1) is 15.8. The minimum atomic E-state index is -3.82. The van der Waals surface area contributed by atoms with Gasteiger partial charge in [0.05, 0.1) is 15.3 Å². The Bertz CT molecular complexity index is 1430. The van der Waals surface area contributed by atoms with E-state index in [0.29, 0.717) is 35.6 Å². The van der Waals surface area contributed by atoms with E-state index < -0.39 is 20.0 Å². The summed E-state index contributed by atoms with van der Waals surface area (Å²) in [6, 6.07) is 11.3. The largest absolute Gasteiger partial charge is 0.486 e. The summed E-state index contributed by atoms with van der Waals surface area (Å²) in [5.74, 6) is 0.902. The van der Waals surface area contributed by atoms with E-state index >= 15 is 0 Å². The second-order valence-corrected chi connectivity index (χ2v) is 11.7. The van der Waals surface area contributed by atoms with Crippen molar-refractivity contribution in [1.29, 1.82) is 0 Å². The maximum Gasteiger partial charge on any atom is 0.243 e. The van der Waals surface area contributed by atoms with E-state index in [2.05, 4.69) is 4.98 Å². The van der Waals surface area contributed by atoms with Gasteiger partial charge in [-0.05, 0) is 42.8 Å². The highest BCUT2D eigenvalue weighted by molar-refractivity contribution is 7.89. The molecule has 3 aromatic rings. The van der Waals surface area contributed by atoms with Crippen LogP contribution in [0.2, 0.25) is 0 Å². The highest BCUT2D eigenvalue weighted by atomic mass is 32.2. The summed E-state index contributed by atoms with van der Waals surface area (Å²) in [4.78, 5) is 4.59. The maximum absolute atomic E-state index is 13.4. The number of hydrogen-bond donors (Lipinski definition) is 0. The third-order valence-corrected chi connectivity index (χ3v) is 9.75. The zero-order chi connectivity index (χ0) is 23.2. The zero-order valence-corrected chi connectivity index (χ0v) is 19.6. The Morgan fingerprint density at radius 1 is 0.818 bits per heavy atom. The molecule has 3 heterocycles. The van der Waals surface area contributed by atoms with E-state index in [1.807, 2.05) is 6.92 Å². The van der Waals surface area contributed by atoms with Crippen LogP contribution in [0.5, 0.6) is 11.5 Å². The van der Waals surface area contributed by atoms with Crippen molar-refractivity contribution in [3.8, 4) is 11.5 Å². The van der Waals surface area contributed by atoms with Crippen LogP contribution in [0.4, 0.5) is 0 Å². The fourth-order valence-corrected chi connectivity index (χ4v) is 7.18. The van der Waals surface area contributed by atoms with Crippen LogP contribution in [0.25, 0.3) is 10.9 Å². The van der Waals surface area contributed by atoms with Gasteiger partial charge in [0.25, 0.3) is 0 Å². The van der Waals surface area contributed by atoms with E-state index in [9.17, 15) is 16.8 Å². The third kappa shape index (κ3) is 3.84. The van der Waals surface area contributed by atoms with Gasteiger partial charge in [-0.2, -0.15) is 8.61 Å². The lowest BCUT2D eigenvalue weighted by molar-refractivity contribution is 0.171. The summed E-state index contributed by atoms with van der Waals surface area (Å²) in [5, 5.41) is 0.559. The van der Waals surface area contributed by atoms with Gasteiger partial charge in [0.15, 0.2) is 11.5 Å².